The molecule has 0 saturated carbocycles. The quantitative estimate of drug-likeness (QED) is 0.176. The number of carbonyl (C=O) groups is 1. The second kappa shape index (κ2) is 14.1. The fourth-order valence-corrected chi connectivity index (χ4v) is 6.33. The van der Waals surface area contributed by atoms with Crippen molar-refractivity contribution in [3.05, 3.63) is 94.5 Å². The maximum atomic E-state index is 14.0. The maximum absolute atomic E-state index is 14.0. The molecule has 0 aliphatic carbocycles. The first-order valence-electron chi connectivity index (χ1n) is 13.5. The van der Waals surface area contributed by atoms with Gasteiger partial charge in [-0.2, -0.15) is 0 Å². The van der Waals surface area contributed by atoms with Crippen molar-refractivity contribution >= 4 is 37.6 Å². The molecule has 41 heavy (non-hydrogen) atoms. The van der Waals surface area contributed by atoms with Gasteiger partial charge in [0.05, 0.1) is 17.3 Å². The number of nitrogens with one attached hydrogen (secondary N) is 2. The summed E-state index contributed by atoms with van der Waals surface area (Å²) < 4.78 is 39.5. The van der Waals surface area contributed by atoms with Crippen molar-refractivity contribution < 1.29 is 27.8 Å². The Morgan fingerprint density at radius 3 is 2.46 bits per heavy atom. The minimum absolute atomic E-state index is 0.0381. The zero-order valence-corrected chi connectivity index (χ0v) is 25.2. The maximum Gasteiger partial charge on any atom is 0.266 e. The molecule has 0 unspecified atom stereocenters. The molecule has 3 aromatic carbocycles. The summed E-state index contributed by atoms with van der Waals surface area (Å²) in [6, 6.07) is 22.6. The highest BCUT2D eigenvalue weighted by molar-refractivity contribution is 9.10. The highest BCUT2D eigenvalue weighted by Gasteiger charge is 2.54. The number of amides is 1. The van der Waals surface area contributed by atoms with E-state index < -0.39 is 27.4 Å². The van der Waals surface area contributed by atoms with Crippen LogP contribution in [0.5, 0.6) is 5.75 Å². The second-order valence-corrected chi connectivity index (χ2v) is 12.5. The number of sulfone groups is 1. The van der Waals surface area contributed by atoms with Gasteiger partial charge >= 0.3 is 0 Å². The molecule has 9 nitrogen and oxygen atoms in total. The van der Waals surface area contributed by atoms with Gasteiger partial charge in [-0.15, -0.1) is 0 Å². The summed E-state index contributed by atoms with van der Waals surface area (Å²) in [6.45, 7) is 2.91. The summed E-state index contributed by atoms with van der Waals surface area (Å²) in [5.41, 5.74) is 5.34. The average molecular weight is 645 g/mol. The molecule has 2 atom stereocenters. The fraction of sp³-hybridized carbons (Fsp3) is 0.333. The number of hydrogen-bond donors (Lipinski definition) is 3. The Bertz CT molecular complexity index is 1450. The van der Waals surface area contributed by atoms with Gasteiger partial charge in [0.15, 0.2) is 21.5 Å². The topological polar surface area (TPSA) is 126 Å². The molecule has 11 heteroatoms. The number of nitrogens with zero attached hydrogens (tertiary/aromatic N) is 1. The summed E-state index contributed by atoms with van der Waals surface area (Å²) in [7, 11) is -3.73. The van der Waals surface area contributed by atoms with E-state index in [0.29, 0.717) is 40.9 Å². The van der Waals surface area contributed by atoms with Crippen molar-refractivity contribution in [2.45, 2.75) is 42.7 Å². The molecule has 3 N–H and O–H groups in total. The van der Waals surface area contributed by atoms with E-state index in [-0.39, 0.29) is 29.6 Å². The summed E-state index contributed by atoms with van der Waals surface area (Å²) in [4.78, 5) is 19.0. The predicted molar refractivity (Wildman–Crippen MR) is 160 cm³/mol. The SMILES string of the molecule is CCCNNC(=O)[C@@]1(CCS(=O)(=O)c2ccccc2)N=C(c2ccc(OCCCO)cc2)O[C@H]1c1ccccc1Br. The number of rotatable bonds is 14. The molecule has 0 aromatic heterocycles. The van der Waals surface area contributed by atoms with Crippen molar-refractivity contribution in [2.75, 3.05) is 25.5 Å². The van der Waals surface area contributed by atoms with Gasteiger partial charge in [-0.1, -0.05) is 59.3 Å². The predicted octanol–water partition coefficient (Wildman–Crippen LogP) is 4.36. The smallest absolute Gasteiger partial charge is 0.266 e. The van der Waals surface area contributed by atoms with Gasteiger partial charge in [-0.25, -0.2) is 18.8 Å². The van der Waals surface area contributed by atoms with Gasteiger partial charge in [0.1, 0.15) is 5.75 Å². The van der Waals surface area contributed by atoms with Crippen LogP contribution in [0.15, 0.2) is 93.2 Å². The van der Waals surface area contributed by atoms with Gasteiger partial charge in [0.25, 0.3) is 5.91 Å². The molecule has 4 rings (SSSR count). The third-order valence-electron chi connectivity index (χ3n) is 6.65. The van der Waals surface area contributed by atoms with Crippen LogP contribution in [0.3, 0.4) is 0 Å². The van der Waals surface area contributed by atoms with Crippen molar-refractivity contribution in [2.24, 2.45) is 4.99 Å². The Labute approximate surface area is 249 Å². The van der Waals surface area contributed by atoms with Crippen LogP contribution in [0.25, 0.3) is 0 Å². The molecule has 1 amide bonds. The minimum atomic E-state index is -3.73. The lowest BCUT2D eigenvalue weighted by atomic mass is 9.85. The molecule has 0 spiro atoms. The van der Waals surface area contributed by atoms with Gasteiger partial charge in [-0.05, 0) is 48.9 Å². The Hall–Kier alpha value is -3.25. The van der Waals surface area contributed by atoms with Crippen LogP contribution >= 0.6 is 15.9 Å². The third-order valence-corrected chi connectivity index (χ3v) is 9.10. The number of hydrogen-bond acceptors (Lipinski definition) is 8. The highest BCUT2D eigenvalue weighted by atomic mass is 79.9. The van der Waals surface area contributed by atoms with Crippen molar-refractivity contribution in [1.29, 1.82) is 0 Å². The molecular weight excluding hydrogens is 610 g/mol. The number of aliphatic hydroxyl groups is 1. The Balaban J connectivity index is 1.75. The molecule has 1 aliphatic rings. The number of carbonyl (C=O) groups excluding carboxylic acids is 1. The molecule has 1 heterocycles. The molecule has 1 aliphatic heterocycles. The average Bonchev–Trinajstić information content (AvgIpc) is 3.38. The molecule has 0 saturated heterocycles. The number of benzene rings is 3. The van der Waals surface area contributed by atoms with E-state index in [2.05, 4.69) is 26.8 Å². The standard InChI is InChI=1S/C30H34BrN3O6S/c1-2-18-32-34-29(36)30(17-21-41(37,38)24-9-4-3-5-10-24)27(25-11-6-7-12-26(25)31)40-28(33-30)22-13-15-23(16-14-22)39-20-8-19-35/h3-7,9-16,27,32,35H,2,8,17-21H2,1H3,(H,34,36)/t27-,30-/m0/s1. The van der Waals surface area contributed by atoms with Crippen LogP contribution < -0.4 is 15.6 Å². The van der Waals surface area contributed by atoms with Crippen molar-refractivity contribution in [3.63, 3.8) is 0 Å². The van der Waals surface area contributed by atoms with Crippen LogP contribution in [0, 0.1) is 0 Å². The van der Waals surface area contributed by atoms with E-state index in [1.165, 1.54) is 0 Å². The monoisotopic (exact) mass is 643 g/mol. The Morgan fingerprint density at radius 2 is 1.78 bits per heavy atom. The van der Waals surface area contributed by atoms with Crippen LogP contribution in [0.1, 0.15) is 43.4 Å². The lowest BCUT2D eigenvalue weighted by Crippen LogP contribution is -2.53. The highest BCUT2D eigenvalue weighted by Crippen LogP contribution is 2.45. The van der Waals surface area contributed by atoms with Crippen LogP contribution in [0.4, 0.5) is 0 Å². The van der Waals surface area contributed by atoms with Gasteiger partial charge in [0, 0.05) is 41.6 Å². The van der Waals surface area contributed by atoms with Gasteiger partial charge in [0.2, 0.25) is 5.90 Å². The van der Waals surface area contributed by atoms with E-state index in [4.69, 9.17) is 19.6 Å². The fourth-order valence-electron chi connectivity index (χ4n) is 4.45. The van der Waals surface area contributed by atoms with Crippen LogP contribution in [0.2, 0.25) is 0 Å². The molecule has 0 bridgehead atoms. The summed E-state index contributed by atoms with van der Waals surface area (Å²) >= 11 is 3.58. The van der Waals surface area contributed by atoms with Gasteiger partial charge < -0.3 is 14.6 Å². The van der Waals surface area contributed by atoms with Gasteiger partial charge in [-0.3, -0.25) is 10.2 Å². The largest absolute Gasteiger partial charge is 0.494 e. The zero-order chi connectivity index (χ0) is 29.3. The van der Waals surface area contributed by atoms with E-state index in [1.807, 2.05) is 31.2 Å². The van der Waals surface area contributed by atoms with Crippen molar-refractivity contribution in [3.8, 4) is 5.75 Å². The second-order valence-electron chi connectivity index (χ2n) is 9.57. The number of hydrazine groups is 1. The minimum Gasteiger partial charge on any atom is -0.494 e. The van der Waals surface area contributed by atoms with E-state index in [0.717, 1.165) is 6.42 Å². The van der Waals surface area contributed by atoms with Crippen LogP contribution in [-0.4, -0.2) is 56.4 Å². The first kappa shape index (κ1) is 30.7. The Kier molecular flexibility index (Phi) is 10.5. The van der Waals surface area contributed by atoms with E-state index >= 15 is 0 Å². The molecular formula is C30H34BrN3O6S. The van der Waals surface area contributed by atoms with Crippen LogP contribution in [-0.2, 0) is 19.4 Å². The summed E-state index contributed by atoms with van der Waals surface area (Å²) in [5, 5.41) is 9.00. The number of aliphatic hydroxyl groups excluding tert-OH is 1. The number of ether oxygens (including phenoxy) is 2. The molecule has 0 radical (unpaired) electrons. The molecule has 0 fully saturated rings. The molecule has 3 aromatic rings. The van der Waals surface area contributed by atoms with E-state index in [1.54, 1.807) is 54.6 Å². The first-order valence-corrected chi connectivity index (χ1v) is 15.9. The van der Waals surface area contributed by atoms with E-state index in [9.17, 15) is 13.2 Å². The third kappa shape index (κ3) is 7.34. The number of halogens is 1. The number of aliphatic imine (C=N–C) groups is 1. The lowest BCUT2D eigenvalue weighted by molar-refractivity contribution is -0.130. The summed E-state index contributed by atoms with van der Waals surface area (Å²) in [5.74, 6) is 0.0194. The van der Waals surface area contributed by atoms with Crippen molar-refractivity contribution in [1.82, 2.24) is 10.9 Å². The normalized spacial score (nSPS) is 18.4. The Morgan fingerprint density at radius 1 is 1.07 bits per heavy atom. The summed E-state index contributed by atoms with van der Waals surface area (Å²) in [6.07, 6.45) is 0.256. The molecule has 218 valence electrons. The first-order chi connectivity index (χ1) is 19.8. The zero-order valence-electron chi connectivity index (χ0n) is 22.8. The lowest BCUT2D eigenvalue weighted by Gasteiger charge is -2.31.